The SMILES string of the molecule is C=CC(=O)OCCSCC.[Na]. The van der Waals surface area contributed by atoms with Gasteiger partial charge in [0.2, 0.25) is 0 Å². The van der Waals surface area contributed by atoms with Gasteiger partial charge >= 0.3 is 5.97 Å². The van der Waals surface area contributed by atoms with E-state index in [4.69, 9.17) is 4.74 Å². The van der Waals surface area contributed by atoms with Gasteiger partial charge in [-0.25, -0.2) is 4.79 Å². The fourth-order valence-electron chi connectivity index (χ4n) is 0.404. The molecule has 0 heterocycles. The van der Waals surface area contributed by atoms with Crippen LogP contribution in [-0.2, 0) is 9.53 Å². The van der Waals surface area contributed by atoms with E-state index in [-0.39, 0.29) is 35.5 Å². The summed E-state index contributed by atoms with van der Waals surface area (Å²) in [6, 6.07) is 0. The van der Waals surface area contributed by atoms with Gasteiger partial charge in [-0.2, -0.15) is 11.8 Å². The Morgan fingerprint density at radius 3 is 2.82 bits per heavy atom. The number of ether oxygens (including phenoxy) is 1. The molecule has 0 aliphatic rings. The van der Waals surface area contributed by atoms with E-state index in [9.17, 15) is 4.79 Å². The molecule has 0 atom stereocenters. The van der Waals surface area contributed by atoms with Crippen molar-refractivity contribution in [2.45, 2.75) is 6.92 Å². The van der Waals surface area contributed by atoms with E-state index in [1.54, 1.807) is 11.8 Å². The van der Waals surface area contributed by atoms with Crippen LogP contribution in [0.25, 0.3) is 0 Å². The Hall–Kier alpha value is 0.560. The predicted molar refractivity (Wildman–Crippen MR) is 49.9 cm³/mol. The molecule has 0 aromatic heterocycles. The molecule has 0 aromatic rings. The molecule has 0 rings (SSSR count). The first-order chi connectivity index (χ1) is 4.81. The molecule has 0 saturated heterocycles. The first-order valence-corrected chi connectivity index (χ1v) is 4.33. The molecule has 4 heteroatoms. The van der Waals surface area contributed by atoms with Gasteiger partial charge in [-0.15, -0.1) is 0 Å². The van der Waals surface area contributed by atoms with E-state index in [1.807, 2.05) is 0 Å². The monoisotopic (exact) mass is 183 g/mol. The van der Waals surface area contributed by atoms with Crippen molar-refractivity contribution in [3.05, 3.63) is 12.7 Å². The second-order valence-corrected chi connectivity index (χ2v) is 2.96. The summed E-state index contributed by atoms with van der Waals surface area (Å²) in [6.07, 6.45) is 1.18. The summed E-state index contributed by atoms with van der Waals surface area (Å²) in [5, 5.41) is 0. The third-order valence-corrected chi connectivity index (χ3v) is 1.71. The molecular weight excluding hydrogens is 171 g/mol. The minimum absolute atomic E-state index is 0. The minimum Gasteiger partial charge on any atom is -0.462 e. The van der Waals surface area contributed by atoms with Crippen molar-refractivity contribution >= 4 is 47.3 Å². The quantitative estimate of drug-likeness (QED) is 0.276. The summed E-state index contributed by atoms with van der Waals surface area (Å²) in [4.78, 5) is 10.4. The molecular formula is C7H12NaO2S. The Balaban J connectivity index is 0. The molecule has 0 amide bonds. The fourth-order valence-corrected chi connectivity index (χ4v) is 0.894. The first kappa shape index (κ1) is 14.1. The molecule has 0 aliphatic heterocycles. The van der Waals surface area contributed by atoms with Gasteiger partial charge in [0.25, 0.3) is 0 Å². The van der Waals surface area contributed by atoms with E-state index < -0.39 is 0 Å². The largest absolute Gasteiger partial charge is 0.462 e. The Kier molecular flexibility index (Phi) is 13.5. The van der Waals surface area contributed by atoms with Crippen LogP contribution >= 0.6 is 11.8 Å². The maximum atomic E-state index is 10.4. The predicted octanol–water partition coefficient (Wildman–Crippen LogP) is 1.09. The van der Waals surface area contributed by atoms with Gasteiger partial charge in [-0.3, -0.25) is 0 Å². The second-order valence-electron chi connectivity index (χ2n) is 1.57. The number of carbonyl (C=O) groups excluding carboxylic acids is 1. The van der Waals surface area contributed by atoms with E-state index >= 15 is 0 Å². The zero-order valence-electron chi connectivity index (χ0n) is 7.13. The smallest absolute Gasteiger partial charge is 0.330 e. The van der Waals surface area contributed by atoms with Crippen molar-refractivity contribution in [2.75, 3.05) is 18.1 Å². The second kappa shape index (κ2) is 10.6. The molecule has 0 saturated carbocycles. The number of thioether (sulfide) groups is 1. The molecule has 2 nitrogen and oxygen atoms in total. The Labute approximate surface area is 94.1 Å². The molecule has 0 spiro atoms. The van der Waals surface area contributed by atoms with Crippen molar-refractivity contribution in [3.8, 4) is 0 Å². The summed E-state index contributed by atoms with van der Waals surface area (Å²) in [7, 11) is 0. The third kappa shape index (κ3) is 10.6. The average molecular weight is 183 g/mol. The van der Waals surface area contributed by atoms with Crippen LogP contribution in [-0.4, -0.2) is 53.6 Å². The van der Waals surface area contributed by atoms with Crippen LogP contribution in [0.1, 0.15) is 6.92 Å². The molecule has 1 radical (unpaired) electrons. The van der Waals surface area contributed by atoms with Gasteiger partial charge in [0.15, 0.2) is 0 Å². The minimum atomic E-state index is -0.336. The fraction of sp³-hybridized carbons (Fsp3) is 0.571. The van der Waals surface area contributed by atoms with Crippen LogP contribution in [0.3, 0.4) is 0 Å². The van der Waals surface area contributed by atoms with E-state index in [2.05, 4.69) is 13.5 Å². The van der Waals surface area contributed by atoms with Crippen LogP contribution in [0.2, 0.25) is 0 Å². The topological polar surface area (TPSA) is 26.3 Å². The van der Waals surface area contributed by atoms with Crippen LogP contribution in [0.5, 0.6) is 0 Å². The van der Waals surface area contributed by atoms with Crippen molar-refractivity contribution in [1.82, 2.24) is 0 Å². The molecule has 0 aromatic carbocycles. The van der Waals surface area contributed by atoms with Crippen LogP contribution in [0.4, 0.5) is 0 Å². The molecule has 11 heavy (non-hydrogen) atoms. The zero-order chi connectivity index (χ0) is 7.82. The maximum Gasteiger partial charge on any atom is 0.330 e. The van der Waals surface area contributed by atoms with Crippen LogP contribution in [0, 0.1) is 0 Å². The van der Waals surface area contributed by atoms with Crippen molar-refractivity contribution < 1.29 is 9.53 Å². The van der Waals surface area contributed by atoms with Crippen LogP contribution < -0.4 is 0 Å². The van der Waals surface area contributed by atoms with Crippen LogP contribution in [0.15, 0.2) is 12.7 Å². The van der Waals surface area contributed by atoms with Crippen molar-refractivity contribution in [1.29, 1.82) is 0 Å². The molecule has 59 valence electrons. The zero-order valence-corrected chi connectivity index (χ0v) is 9.95. The normalized spacial score (nSPS) is 8.09. The van der Waals surface area contributed by atoms with Gasteiger partial charge in [-0.1, -0.05) is 13.5 Å². The van der Waals surface area contributed by atoms with Gasteiger partial charge in [-0.05, 0) is 5.75 Å². The number of carbonyl (C=O) groups is 1. The number of rotatable bonds is 5. The number of hydrogen-bond acceptors (Lipinski definition) is 3. The Morgan fingerprint density at radius 1 is 1.73 bits per heavy atom. The standard InChI is InChI=1S/C7H12O2S.Na/c1-3-7(8)9-5-6-10-4-2;/h3H,1,4-6H2,2H3;. The average Bonchev–Trinajstić information content (AvgIpc) is 1.98. The summed E-state index contributed by atoms with van der Waals surface area (Å²) in [5.41, 5.74) is 0. The van der Waals surface area contributed by atoms with Gasteiger partial charge in [0.05, 0.1) is 0 Å². The molecule has 0 bridgehead atoms. The number of esters is 1. The third-order valence-electron chi connectivity index (χ3n) is 0.843. The van der Waals surface area contributed by atoms with E-state index in [0.29, 0.717) is 6.61 Å². The summed E-state index contributed by atoms with van der Waals surface area (Å²) in [5.74, 6) is 1.60. The molecule has 0 fully saturated rings. The van der Waals surface area contributed by atoms with Gasteiger partial charge < -0.3 is 4.74 Å². The molecule has 0 unspecified atom stereocenters. The number of hydrogen-bond donors (Lipinski definition) is 0. The molecule has 0 aliphatic carbocycles. The summed E-state index contributed by atoms with van der Waals surface area (Å²) >= 11 is 1.75. The summed E-state index contributed by atoms with van der Waals surface area (Å²) in [6.45, 7) is 5.84. The Morgan fingerprint density at radius 2 is 2.36 bits per heavy atom. The van der Waals surface area contributed by atoms with Crippen molar-refractivity contribution in [2.24, 2.45) is 0 Å². The first-order valence-electron chi connectivity index (χ1n) is 3.18. The van der Waals surface area contributed by atoms with E-state index in [0.717, 1.165) is 11.5 Å². The van der Waals surface area contributed by atoms with Gasteiger partial charge in [0.1, 0.15) is 6.61 Å². The molecule has 0 N–H and O–H groups in total. The van der Waals surface area contributed by atoms with E-state index in [1.165, 1.54) is 6.08 Å². The van der Waals surface area contributed by atoms with Crippen molar-refractivity contribution in [3.63, 3.8) is 0 Å². The maximum absolute atomic E-state index is 10.4. The Bertz CT molecular complexity index is 117. The summed E-state index contributed by atoms with van der Waals surface area (Å²) < 4.78 is 4.72. The van der Waals surface area contributed by atoms with Gasteiger partial charge in [0, 0.05) is 41.4 Å².